The molecule has 17 heavy (non-hydrogen) atoms. The van der Waals surface area contributed by atoms with Crippen LogP contribution in [0.3, 0.4) is 0 Å². The van der Waals surface area contributed by atoms with Gasteiger partial charge in [0.25, 0.3) is 0 Å². The monoisotopic (exact) mass is 235 g/mol. The van der Waals surface area contributed by atoms with Crippen molar-refractivity contribution in [3.05, 3.63) is 18.2 Å². The van der Waals surface area contributed by atoms with Crippen LogP contribution in [0.1, 0.15) is 39.5 Å². The minimum Gasteiger partial charge on any atom is -0.399 e. The number of anilines is 3. The number of unbranched alkanes of at least 4 members (excludes halogenated alkanes) is 2. The first-order valence-electron chi connectivity index (χ1n) is 6.64. The van der Waals surface area contributed by atoms with Gasteiger partial charge in [-0.3, -0.25) is 0 Å². The van der Waals surface area contributed by atoms with Crippen LogP contribution in [0.5, 0.6) is 0 Å². The van der Waals surface area contributed by atoms with E-state index >= 15 is 0 Å². The van der Waals surface area contributed by atoms with Gasteiger partial charge in [0.05, 0.1) is 0 Å². The van der Waals surface area contributed by atoms with Crippen LogP contribution < -0.4 is 16.4 Å². The van der Waals surface area contributed by atoms with E-state index in [1.807, 2.05) is 12.1 Å². The second-order valence-corrected chi connectivity index (χ2v) is 4.40. The molecule has 0 heterocycles. The van der Waals surface area contributed by atoms with E-state index in [9.17, 15) is 0 Å². The minimum absolute atomic E-state index is 0.811. The summed E-state index contributed by atoms with van der Waals surface area (Å²) in [6, 6.07) is 6.10. The van der Waals surface area contributed by atoms with E-state index in [2.05, 4.69) is 30.5 Å². The topological polar surface area (TPSA) is 50.1 Å². The molecule has 0 aromatic heterocycles. The molecule has 0 saturated carbocycles. The Labute approximate surface area is 105 Å². The average molecular weight is 235 g/mol. The second-order valence-electron chi connectivity index (χ2n) is 4.40. The van der Waals surface area contributed by atoms with Crippen molar-refractivity contribution >= 4 is 17.1 Å². The predicted octanol–water partition coefficient (Wildman–Crippen LogP) is 3.69. The van der Waals surface area contributed by atoms with Crippen molar-refractivity contribution in [1.82, 2.24) is 0 Å². The summed E-state index contributed by atoms with van der Waals surface area (Å²) in [6.45, 7) is 6.40. The van der Waals surface area contributed by atoms with Crippen molar-refractivity contribution in [3.8, 4) is 0 Å². The summed E-state index contributed by atoms with van der Waals surface area (Å²) in [7, 11) is 0. The highest BCUT2D eigenvalue weighted by molar-refractivity contribution is 5.65. The summed E-state index contributed by atoms with van der Waals surface area (Å²) in [4.78, 5) is 0. The molecule has 0 amide bonds. The molecular formula is C14H25N3. The molecule has 0 saturated heterocycles. The largest absolute Gasteiger partial charge is 0.399 e. The number of benzene rings is 1. The summed E-state index contributed by atoms with van der Waals surface area (Å²) in [5.74, 6) is 0. The lowest BCUT2D eigenvalue weighted by molar-refractivity contribution is 0.832. The molecule has 96 valence electrons. The summed E-state index contributed by atoms with van der Waals surface area (Å²) >= 11 is 0. The number of nitrogens with one attached hydrogen (secondary N) is 2. The predicted molar refractivity (Wildman–Crippen MR) is 77.6 cm³/mol. The fourth-order valence-electron chi connectivity index (χ4n) is 1.67. The highest BCUT2D eigenvalue weighted by Gasteiger charge is 1.98. The zero-order valence-electron chi connectivity index (χ0n) is 11.1. The van der Waals surface area contributed by atoms with E-state index in [0.717, 1.165) is 30.2 Å². The molecule has 1 aromatic carbocycles. The summed E-state index contributed by atoms with van der Waals surface area (Å²) < 4.78 is 0. The lowest BCUT2D eigenvalue weighted by Crippen LogP contribution is -2.05. The van der Waals surface area contributed by atoms with Crippen LogP contribution in [0.4, 0.5) is 17.1 Å². The van der Waals surface area contributed by atoms with Crippen molar-refractivity contribution in [2.45, 2.75) is 39.5 Å². The van der Waals surface area contributed by atoms with Crippen molar-refractivity contribution in [1.29, 1.82) is 0 Å². The van der Waals surface area contributed by atoms with Crippen LogP contribution in [-0.2, 0) is 0 Å². The number of nitrogen functional groups attached to an aromatic ring is 1. The molecule has 0 aliphatic rings. The third kappa shape index (κ3) is 5.48. The molecular weight excluding hydrogens is 210 g/mol. The van der Waals surface area contributed by atoms with Crippen molar-refractivity contribution in [2.75, 3.05) is 29.5 Å². The first-order chi connectivity index (χ1) is 8.26. The lowest BCUT2D eigenvalue weighted by Gasteiger charge is -2.11. The van der Waals surface area contributed by atoms with Gasteiger partial charge in [-0.05, 0) is 31.0 Å². The van der Waals surface area contributed by atoms with Crippen molar-refractivity contribution in [3.63, 3.8) is 0 Å². The Bertz CT molecular complexity index is 295. The third-order valence-corrected chi connectivity index (χ3v) is 2.67. The zero-order chi connectivity index (χ0) is 12.5. The van der Waals surface area contributed by atoms with Gasteiger partial charge in [-0.1, -0.05) is 26.7 Å². The smallest absolute Gasteiger partial charge is 0.0381 e. The fourth-order valence-corrected chi connectivity index (χ4v) is 1.67. The Morgan fingerprint density at radius 1 is 0.882 bits per heavy atom. The van der Waals surface area contributed by atoms with Gasteiger partial charge >= 0.3 is 0 Å². The van der Waals surface area contributed by atoms with Crippen LogP contribution in [-0.4, -0.2) is 13.1 Å². The van der Waals surface area contributed by atoms with Gasteiger partial charge in [0, 0.05) is 30.2 Å². The van der Waals surface area contributed by atoms with Gasteiger partial charge in [0.15, 0.2) is 0 Å². The Kier molecular flexibility index (Phi) is 6.30. The molecule has 1 aromatic rings. The molecule has 0 fully saturated rings. The van der Waals surface area contributed by atoms with Gasteiger partial charge < -0.3 is 16.4 Å². The summed E-state index contributed by atoms with van der Waals surface area (Å²) in [5, 5.41) is 6.79. The summed E-state index contributed by atoms with van der Waals surface area (Å²) in [6.07, 6.45) is 4.79. The van der Waals surface area contributed by atoms with E-state index in [1.54, 1.807) is 0 Å². The molecule has 0 unspecified atom stereocenters. The fraction of sp³-hybridized carbons (Fsp3) is 0.571. The average Bonchev–Trinajstić information content (AvgIpc) is 2.29. The molecule has 0 radical (unpaired) electrons. The van der Waals surface area contributed by atoms with Crippen molar-refractivity contribution in [2.24, 2.45) is 0 Å². The molecule has 1 rings (SSSR count). The van der Waals surface area contributed by atoms with E-state index in [-0.39, 0.29) is 0 Å². The Balaban J connectivity index is 2.53. The van der Waals surface area contributed by atoms with Gasteiger partial charge in [-0.25, -0.2) is 0 Å². The number of nitrogens with two attached hydrogens (primary N) is 1. The molecule has 3 nitrogen and oxygen atoms in total. The molecule has 0 aliphatic carbocycles. The van der Waals surface area contributed by atoms with Gasteiger partial charge in [-0.2, -0.15) is 0 Å². The van der Waals surface area contributed by atoms with E-state index in [0.29, 0.717) is 0 Å². The molecule has 3 heteroatoms. The molecule has 4 N–H and O–H groups in total. The highest BCUT2D eigenvalue weighted by atomic mass is 14.9. The van der Waals surface area contributed by atoms with Crippen LogP contribution in [0, 0.1) is 0 Å². The van der Waals surface area contributed by atoms with E-state index < -0.39 is 0 Å². The van der Waals surface area contributed by atoms with Crippen LogP contribution in [0.2, 0.25) is 0 Å². The van der Waals surface area contributed by atoms with Gasteiger partial charge in [-0.15, -0.1) is 0 Å². The standard InChI is InChI=1S/C14H25N3/c1-3-5-7-16-13-9-12(15)10-14(11-13)17-8-6-4-2/h9-11,16-17H,3-8,15H2,1-2H3. The number of rotatable bonds is 8. The quantitative estimate of drug-likeness (QED) is 0.476. The minimum atomic E-state index is 0.811. The zero-order valence-corrected chi connectivity index (χ0v) is 11.1. The number of hydrogen-bond donors (Lipinski definition) is 3. The first kappa shape index (κ1) is 13.7. The summed E-state index contributed by atoms with van der Waals surface area (Å²) in [5.41, 5.74) is 8.92. The van der Waals surface area contributed by atoms with E-state index in [4.69, 9.17) is 5.73 Å². The Morgan fingerprint density at radius 2 is 1.35 bits per heavy atom. The first-order valence-corrected chi connectivity index (χ1v) is 6.64. The normalized spacial score (nSPS) is 10.2. The molecule has 0 spiro atoms. The maximum atomic E-state index is 5.89. The van der Waals surface area contributed by atoms with E-state index in [1.165, 1.54) is 25.7 Å². The van der Waals surface area contributed by atoms with Crippen LogP contribution in [0.15, 0.2) is 18.2 Å². The Hall–Kier alpha value is -1.38. The third-order valence-electron chi connectivity index (χ3n) is 2.67. The SMILES string of the molecule is CCCCNc1cc(N)cc(NCCCC)c1. The highest BCUT2D eigenvalue weighted by Crippen LogP contribution is 2.20. The lowest BCUT2D eigenvalue weighted by atomic mass is 10.2. The van der Waals surface area contributed by atoms with Crippen LogP contribution in [0.25, 0.3) is 0 Å². The number of hydrogen-bond acceptors (Lipinski definition) is 3. The molecule has 0 bridgehead atoms. The maximum absolute atomic E-state index is 5.89. The van der Waals surface area contributed by atoms with Gasteiger partial charge in [0.1, 0.15) is 0 Å². The molecule has 0 aliphatic heterocycles. The second kappa shape index (κ2) is 7.82. The van der Waals surface area contributed by atoms with Gasteiger partial charge in [0.2, 0.25) is 0 Å². The Morgan fingerprint density at radius 3 is 1.76 bits per heavy atom. The maximum Gasteiger partial charge on any atom is 0.0381 e. The molecule has 0 atom stereocenters. The van der Waals surface area contributed by atoms with Crippen LogP contribution >= 0.6 is 0 Å². The van der Waals surface area contributed by atoms with Crippen molar-refractivity contribution < 1.29 is 0 Å².